The number of thioether (sulfide) groups is 1. The zero-order valence-electron chi connectivity index (χ0n) is 19.1. The molecule has 0 aliphatic carbocycles. The number of fused-ring (bicyclic) bond motifs is 1. The van der Waals surface area contributed by atoms with E-state index in [1.807, 2.05) is 72.7 Å². The smallest absolute Gasteiger partial charge is 0.263 e. The van der Waals surface area contributed by atoms with Gasteiger partial charge in [0.1, 0.15) is 5.75 Å². The van der Waals surface area contributed by atoms with E-state index >= 15 is 0 Å². The molecule has 2 heterocycles. The molecule has 2 atom stereocenters. The maximum absolute atomic E-state index is 13.1. The third-order valence-corrected chi connectivity index (χ3v) is 7.16. The van der Waals surface area contributed by atoms with Crippen LogP contribution in [0.25, 0.3) is 0 Å². The Kier molecular flexibility index (Phi) is 7.09. The molecular formula is C26H32N2O3S. The molecule has 6 heteroatoms. The minimum absolute atomic E-state index is 0.0410. The van der Waals surface area contributed by atoms with Gasteiger partial charge in [-0.1, -0.05) is 50.2 Å². The van der Waals surface area contributed by atoms with Crippen LogP contribution in [0.1, 0.15) is 43.5 Å². The minimum atomic E-state index is -0.539. The van der Waals surface area contributed by atoms with Crippen molar-refractivity contribution in [3.63, 3.8) is 0 Å². The van der Waals surface area contributed by atoms with Crippen molar-refractivity contribution in [3.05, 3.63) is 65.2 Å². The molecule has 2 aliphatic rings. The molecule has 2 unspecified atom stereocenters. The zero-order chi connectivity index (χ0) is 22.7. The van der Waals surface area contributed by atoms with E-state index < -0.39 is 6.10 Å². The summed E-state index contributed by atoms with van der Waals surface area (Å²) in [5, 5.41) is 0. The van der Waals surface area contributed by atoms with Gasteiger partial charge >= 0.3 is 0 Å². The Hall–Kier alpha value is -2.47. The fraction of sp³-hybridized carbons (Fsp3) is 0.462. The molecule has 2 aromatic carbocycles. The standard InChI is InChI=1S/C26H32N2O3S/c1-18(2)25(29)28-12-11-20-9-10-22(17-23(20)24(28)21-7-5-4-6-8-21)31-19(3)26(30)27-13-15-32-16-14-27/h4-10,17-19,24H,11-16H2,1-3H3. The molecule has 32 heavy (non-hydrogen) atoms. The van der Waals surface area contributed by atoms with Gasteiger partial charge in [0, 0.05) is 37.1 Å². The lowest BCUT2D eigenvalue weighted by Gasteiger charge is -2.39. The van der Waals surface area contributed by atoms with Crippen LogP contribution >= 0.6 is 11.8 Å². The lowest BCUT2D eigenvalue weighted by Crippen LogP contribution is -2.44. The van der Waals surface area contributed by atoms with Crippen molar-refractivity contribution in [3.8, 4) is 5.75 Å². The van der Waals surface area contributed by atoms with E-state index in [1.165, 1.54) is 5.56 Å². The first-order valence-electron chi connectivity index (χ1n) is 11.5. The second-order valence-corrected chi connectivity index (χ2v) is 10.0. The molecule has 0 N–H and O–H groups in total. The molecule has 0 saturated carbocycles. The summed E-state index contributed by atoms with van der Waals surface area (Å²) in [5.41, 5.74) is 3.41. The largest absolute Gasteiger partial charge is 0.481 e. The van der Waals surface area contributed by atoms with Gasteiger partial charge in [0.05, 0.1) is 6.04 Å². The van der Waals surface area contributed by atoms with Gasteiger partial charge in [-0.25, -0.2) is 0 Å². The SMILES string of the molecule is CC(C)C(=O)N1CCc2ccc(OC(C)C(=O)N3CCSCC3)cc2C1c1ccccc1. The van der Waals surface area contributed by atoms with Crippen molar-refractivity contribution in [2.45, 2.75) is 39.3 Å². The highest BCUT2D eigenvalue weighted by Gasteiger charge is 2.33. The van der Waals surface area contributed by atoms with E-state index in [2.05, 4.69) is 18.2 Å². The molecule has 2 aromatic rings. The zero-order valence-corrected chi connectivity index (χ0v) is 19.9. The number of ether oxygens (including phenoxy) is 1. The lowest BCUT2D eigenvalue weighted by molar-refractivity contribution is -0.137. The van der Waals surface area contributed by atoms with Crippen molar-refractivity contribution in [1.82, 2.24) is 9.80 Å². The van der Waals surface area contributed by atoms with Crippen LogP contribution in [0.2, 0.25) is 0 Å². The van der Waals surface area contributed by atoms with Crippen LogP contribution in [0.4, 0.5) is 0 Å². The summed E-state index contributed by atoms with van der Waals surface area (Å²) in [6, 6.07) is 16.1. The molecule has 2 aliphatic heterocycles. The van der Waals surface area contributed by atoms with Gasteiger partial charge in [0.25, 0.3) is 5.91 Å². The lowest BCUT2D eigenvalue weighted by atomic mass is 9.87. The highest BCUT2D eigenvalue weighted by atomic mass is 32.2. The maximum atomic E-state index is 13.1. The number of amides is 2. The van der Waals surface area contributed by atoms with Gasteiger partial charge in [-0.2, -0.15) is 11.8 Å². The van der Waals surface area contributed by atoms with E-state index in [4.69, 9.17) is 4.74 Å². The summed E-state index contributed by atoms with van der Waals surface area (Å²) < 4.78 is 6.12. The molecule has 4 rings (SSSR count). The molecule has 0 aromatic heterocycles. The minimum Gasteiger partial charge on any atom is -0.481 e. The summed E-state index contributed by atoms with van der Waals surface area (Å²) in [7, 11) is 0. The molecule has 2 amide bonds. The Balaban J connectivity index is 1.62. The highest BCUT2D eigenvalue weighted by Crippen LogP contribution is 2.38. The van der Waals surface area contributed by atoms with E-state index in [0.717, 1.165) is 42.1 Å². The van der Waals surface area contributed by atoms with Crippen molar-refractivity contribution < 1.29 is 14.3 Å². The summed E-state index contributed by atoms with van der Waals surface area (Å²) >= 11 is 1.88. The molecule has 0 bridgehead atoms. The van der Waals surface area contributed by atoms with Gasteiger partial charge in [-0.05, 0) is 42.2 Å². The van der Waals surface area contributed by atoms with Crippen molar-refractivity contribution in [2.75, 3.05) is 31.1 Å². The predicted octanol–water partition coefficient (Wildman–Crippen LogP) is 4.16. The van der Waals surface area contributed by atoms with Gasteiger partial charge in [-0.3, -0.25) is 9.59 Å². The maximum Gasteiger partial charge on any atom is 0.263 e. The number of carbonyl (C=O) groups excluding carboxylic acids is 2. The fourth-order valence-electron chi connectivity index (χ4n) is 4.53. The predicted molar refractivity (Wildman–Crippen MR) is 129 cm³/mol. The molecule has 1 saturated heterocycles. The number of carbonyl (C=O) groups is 2. The number of nitrogens with zero attached hydrogens (tertiary/aromatic N) is 2. The third-order valence-electron chi connectivity index (χ3n) is 6.22. The Morgan fingerprint density at radius 3 is 2.38 bits per heavy atom. The molecular weight excluding hydrogens is 420 g/mol. The Morgan fingerprint density at radius 2 is 1.69 bits per heavy atom. The van der Waals surface area contributed by atoms with E-state index in [-0.39, 0.29) is 23.8 Å². The second-order valence-electron chi connectivity index (χ2n) is 8.81. The summed E-state index contributed by atoms with van der Waals surface area (Å²) in [6.45, 7) is 7.99. The van der Waals surface area contributed by atoms with Crippen molar-refractivity contribution in [2.24, 2.45) is 5.92 Å². The number of hydrogen-bond acceptors (Lipinski definition) is 4. The van der Waals surface area contributed by atoms with Crippen LogP contribution < -0.4 is 4.74 Å². The summed E-state index contributed by atoms with van der Waals surface area (Å²) in [4.78, 5) is 29.8. The van der Waals surface area contributed by atoms with Crippen LogP contribution in [0, 0.1) is 5.92 Å². The molecule has 5 nitrogen and oxygen atoms in total. The van der Waals surface area contributed by atoms with Gasteiger partial charge < -0.3 is 14.5 Å². The van der Waals surface area contributed by atoms with E-state index in [9.17, 15) is 9.59 Å². The Bertz CT molecular complexity index is 957. The van der Waals surface area contributed by atoms with E-state index in [1.54, 1.807) is 0 Å². The first-order chi connectivity index (χ1) is 15.5. The quantitative estimate of drug-likeness (QED) is 0.684. The summed E-state index contributed by atoms with van der Waals surface area (Å²) in [5.74, 6) is 2.77. The Morgan fingerprint density at radius 1 is 0.969 bits per heavy atom. The van der Waals surface area contributed by atoms with Gasteiger partial charge in [-0.15, -0.1) is 0 Å². The van der Waals surface area contributed by atoms with Gasteiger partial charge in [0.15, 0.2) is 6.10 Å². The third kappa shape index (κ3) is 4.80. The highest BCUT2D eigenvalue weighted by molar-refractivity contribution is 7.99. The topological polar surface area (TPSA) is 49.9 Å². The van der Waals surface area contributed by atoms with Crippen molar-refractivity contribution >= 4 is 23.6 Å². The summed E-state index contributed by atoms with van der Waals surface area (Å²) in [6.07, 6.45) is 0.278. The number of hydrogen-bond donors (Lipinski definition) is 0. The number of benzene rings is 2. The van der Waals surface area contributed by atoms with Gasteiger partial charge in [0.2, 0.25) is 5.91 Å². The first-order valence-corrected chi connectivity index (χ1v) is 12.6. The van der Waals surface area contributed by atoms with Crippen LogP contribution in [-0.4, -0.2) is 58.9 Å². The molecule has 0 radical (unpaired) electrons. The van der Waals surface area contributed by atoms with E-state index in [0.29, 0.717) is 12.3 Å². The molecule has 170 valence electrons. The van der Waals surface area contributed by atoms with Crippen LogP contribution in [-0.2, 0) is 16.0 Å². The second kappa shape index (κ2) is 9.99. The van der Waals surface area contributed by atoms with Crippen LogP contribution in [0.3, 0.4) is 0 Å². The average Bonchev–Trinajstić information content (AvgIpc) is 2.83. The molecule has 0 spiro atoms. The van der Waals surface area contributed by atoms with Crippen LogP contribution in [0.15, 0.2) is 48.5 Å². The number of rotatable bonds is 5. The Labute approximate surface area is 195 Å². The van der Waals surface area contributed by atoms with Crippen molar-refractivity contribution in [1.29, 1.82) is 0 Å². The van der Waals surface area contributed by atoms with Crippen LogP contribution in [0.5, 0.6) is 5.75 Å². The fourth-order valence-corrected chi connectivity index (χ4v) is 5.43. The monoisotopic (exact) mass is 452 g/mol. The normalized spacial score (nSPS) is 19.4. The first kappa shape index (κ1) is 22.7. The molecule has 1 fully saturated rings. The average molecular weight is 453 g/mol.